The van der Waals surface area contributed by atoms with Gasteiger partial charge >= 0.3 is 0 Å². The maximum Gasteiger partial charge on any atom is 0.213 e. The number of benzene rings is 8. The molecule has 0 radical (unpaired) electrons. The topological polar surface area (TPSA) is 23.0 Å². The van der Waals surface area contributed by atoms with Gasteiger partial charge in [-0.05, 0) is 93.7 Å². The molecule has 0 atom stereocenters. The lowest BCUT2D eigenvalue weighted by atomic mass is 10.0. The lowest BCUT2D eigenvalue weighted by Crippen LogP contribution is -1.95. The van der Waals surface area contributed by atoms with E-state index in [0.29, 0.717) is 0 Å². The summed E-state index contributed by atoms with van der Waals surface area (Å²) in [5, 5.41) is 8.36. The van der Waals surface area contributed by atoms with Gasteiger partial charge in [0.05, 0.1) is 21.9 Å². The number of aromatic nitrogens is 2. The van der Waals surface area contributed by atoms with Gasteiger partial charge in [0.25, 0.3) is 0 Å². The molecule has 3 aromatic heterocycles. The van der Waals surface area contributed by atoms with Crippen LogP contribution in [0.3, 0.4) is 0 Å². The Morgan fingerprint density at radius 2 is 0.843 bits per heavy atom. The van der Waals surface area contributed by atoms with E-state index in [1.165, 1.54) is 60.2 Å². The molecule has 0 unspecified atom stereocenters. The minimum absolute atomic E-state index is 0.878. The summed E-state index contributed by atoms with van der Waals surface area (Å²) < 4.78 is 11.2. The van der Waals surface area contributed by atoms with Gasteiger partial charge in [-0.2, -0.15) is 0 Å². The van der Waals surface area contributed by atoms with Crippen LogP contribution < -0.4 is 0 Å². The van der Waals surface area contributed by atoms with E-state index in [0.717, 1.165) is 39.0 Å². The first-order chi connectivity index (χ1) is 25.3. The fourth-order valence-corrected chi connectivity index (χ4v) is 8.12. The molecular formula is C48H30N2O. The molecule has 0 saturated heterocycles. The third-order valence-corrected chi connectivity index (χ3v) is 10.5. The van der Waals surface area contributed by atoms with Crippen molar-refractivity contribution in [3.63, 3.8) is 0 Å². The zero-order chi connectivity index (χ0) is 33.5. The van der Waals surface area contributed by atoms with Gasteiger partial charge in [-0.25, -0.2) is 0 Å². The zero-order valence-corrected chi connectivity index (χ0v) is 27.6. The molecule has 11 aromatic rings. The Bertz CT molecular complexity index is 3030. The van der Waals surface area contributed by atoms with E-state index in [4.69, 9.17) is 4.42 Å². The predicted molar refractivity (Wildman–Crippen MR) is 213 cm³/mol. The molecule has 3 heteroatoms. The zero-order valence-electron chi connectivity index (χ0n) is 27.6. The predicted octanol–water partition coefficient (Wildman–Crippen LogP) is 13.1. The highest BCUT2D eigenvalue weighted by molar-refractivity contribution is 6.20. The number of fused-ring (bicyclic) bond motifs is 9. The highest BCUT2D eigenvalue weighted by Gasteiger charge is 2.20. The quantitative estimate of drug-likeness (QED) is 0.186. The number of para-hydroxylation sites is 2. The minimum atomic E-state index is 0.878. The Balaban J connectivity index is 1.09. The average molecular weight is 651 g/mol. The molecule has 238 valence electrons. The van der Waals surface area contributed by atoms with Crippen LogP contribution in [0.15, 0.2) is 186 Å². The summed E-state index contributed by atoms with van der Waals surface area (Å²) in [6, 6.07) is 65.5. The molecule has 0 aliphatic rings. The van der Waals surface area contributed by atoms with E-state index in [9.17, 15) is 0 Å². The summed E-state index contributed by atoms with van der Waals surface area (Å²) in [4.78, 5) is 0. The first-order valence-corrected chi connectivity index (χ1v) is 17.4. The largest absolute Gasteiger partial charge is 0.439 e. The van der Waals surface area contributed by atoms with Gasteiger partial charge in [-0.15, -0.1) is 0 Å². The van der Waals surface area contributed by atoms with Crippen LogP contribution in [-0.4, -0.2) is 9.13 Å². The fraction of sp³-hybridized carbons (Fsp3) is 0. The highest BCUT2D eigenvalue weighted by atomic mass is 16.3. The first-order valence-electron chi connectivity index (χ1n) is 17.4. The van der Waals surface area contributed by atoms with Crippen molar-refractivity contribution >= 4 is 65.6 Å². The standard InChI is InChI=1S/C48H30N2O/c1-3-11-31(12-4-1)35-21-25-44-41(29-35)42-30-36(32-13-5-2-6-14-32)22-26-45(42)49(44)37-23-19-34-28-38(24-20-33(34)27-37)50-43-17-9-7-15-39(43)47-40-16-8-10-18-46(40)51-48(47)50/h1-30H. The van der Waals surface area contributed by atoms with Crippen LogP contribution in [0.4, 0.5) is 0 Å². The van der Waals surface area contributed by atoms with E-state index < -0.39 is 0 Å². The number of hydrogen-bond acceptors (Lipinski definition) is 1. The van der Waals surface area contributed by atoms with Crippen molar-refractivity contribution < 1.29 is 4.42 Å². The van der Waals surface area contributed by atoms with Crippen molar-refractivity contribution in [1.82, 2.24) is 9.13 Å². The third-order valence-electron chi connectivity index (χ3n) is 10.5. The Hall–Kier alpha value is -6.84. The lowest BCUT2D eigenvalue weighted by Gasteiger charge is -2.12. The first kappa shape index (κ1) is 28.0. The molecule has 0 N–H and O–H groups in total. The molecule has 8 aromatic carbocycles. The number of furan rings is 1. The minimum Gasteiger partial charge on any atom is -0.439 e. The van der Waals surface area contributed by atoms with Crippen LogP contribution in [0.1, 0.15) is 0 Å². The second-order valence-corrected chi connectivity index (χ2v) is 13.4. The SMILES string of the molecule is c1ccc(-c2ccc3c(c2)c2cc(-c4ccccc4)ccc2n3-c2ccc3cc(-n4c5ccccc5c5c6ccccc6oc54)ccc3c2)cc1. The summed E-state index contributed by atoms with van der Waals surface area (Å²) in [5.41, 5.74) is 12.4. The van der Waals surface area contributed by atoms with Crippen molar-refractivity contribution in [3.05, 3.63) is 182 Å². The molecule has 0 aliphatic heterocycles. The van der Waals surface area contributed by atoms with Crippen LogP contribution in [0.2, 0.25) is 0 Å². The second kappa shape index (κ2) is 10.8. The van der Waals surface area contributed by atoms with E-state index >= 15 is 0 Å². The molecule has 3 nitrogen and oxygen atoms in total. The van der Waals surface area contributed by atoms with Gasteiger partial charge in [0.2, 0.25) is 5.71 Å². The molecule has 0 fully saturated rings. The third kappa shape index (κ3) is 4.25. The van der Waals surface area contributed by atoms with Gasteiger partial charge in [-0.3, -0.25) is 4.57 Å². The molecule has 0 amide bonds. The van der Waals surface area contributed by atoms with Crippen molar-refractivity contribution in [1.29, 1.82) is 0 Å². The molecule has 0 spiro atoms. The molecular weight excluding hydrogens is 621 g/mol. The van der Waals surface area contributed by atoms with Crippen LogP contribution in [-0.2, 0) is 0 Å². The van der Waals surface area contributed by atoms with Gasteiger partial charge < -0.3 is 8.98 Å². The normalized spacial score (nSPS) is 11.9. The maximum absolute atomic E-state index is 6.52. The maximum atomic E-state index is 6.52. The molecule has 0 aliphatic carbocycles. The summed E-state index contributed by atoms with van der Waals surface area (Å²) in [5.74, 6) is 0. The Morgan fingerprint density at radius 1 is 0.333 bits per heavy atom. The summed E-state index contributed by atoms with van der Waals surface area (Å²) >= 11 is 0. The molecule has 0 saturated carbocycles. The monoisotopic (exact) mass is 650 g/mol. The fourth-order valence-electron chi connectivity index (χ4n) is 8.12. The summed E-state index contributed by atoms with van der Waals surface area (Å²) in [7, 11) is 0. The average Bonchev–Trinajstić information content (AvgIpc) is 3.84. The smallest absolute Gasteiger partial charge is 0.213 e. The second-order valence-electron chi connectivity index (χ2n) is 13.4. The summed E-state index contributed by atoms with van der Waals surface area (Å²) in [6.45, 7) is 0. The van der Waals surface area contributed by atoms with E-state index in [2.05, 4.69) is 185 Å². The Morgan fingerprint density at radius 3 is 1.47 bits per heavy atom. The Labute approximate surface area is 293 Å². The van der Waals surface area contributed by atoms with Crippen molar-refractivity contribution in [2.75, 3.05) is 0 Å². The van der Waals surface area contributed by atoms with Crippen molar-refractivity contribution in [2.24, 2.45) is 0 Å². The highest BCUT2D eigenvalue weighted by Crippen LogP contribution is 2.41. The van der Waals surface area contributed by atoms with Crippen LogP contribution >= 0.6 is 0 Å². The van der Waals surface area contributed by atoms with E-state index in [1.807, 2.05) is 6.07 Å². The van der Waals surface area contributed by atoms with E-state index in [-0.39, 0.29) is 0 Å². The molecule has 3 heterocycles. The molecule has 11 rings (SSSR count). The number of rotatable bonds is 4. The van der Waals surface area contributed by atoms with Gasteiger partial charge in [0.15, 0.2) is 0 Å². The van der Waals surface area contributed by atoms with Crippen LogP contribution in [0.25, 0.3) is 99.2 Å². The van der Waals surface area contributed by atoms with Crippen LogP contribution in [0, 0.1) is 0 Å². The lowest BCUT2D eigenvalue weighted by molar-refractivity contribution is 0.645. The molecule has 0 bridgehead atoms. The van der Waals surface area contributed by atoms with E-state index in [1.54, 1.807) is 0 Å². The van der Waals surface area contributed by atoms with Gasteiger partial charge in [0, 0.05) is 32.9 Å². The van der Waals surface area contributed by atoms with Crippen LogP contribution in [0.5, 0.6) is 0 Å². The summed E-state index contributed by atoms with van der Waals surface area (Å²) in [6.07, 6.45) is 0. The van der Waals surface area contributed by atoms with Gasteiger partial charge in [0.1, 0.15) is 5.58 Å². The van der Waals surface area contributed by atoms with Gasteiger partial charge in [-0.1, -0.05) is 121 Å². The molecule has 51 heavy (non-hydrogen) atoms. The van der Waals surface area contributed by atoms with Crippen molar-refractivity contribution in [2.45, 2.75) is 0 Å². The Kier molecular flexibility index (Phi) is 5.96. The van der Waals surface area contributed by atoms with Crippen molar-refractivity contribution in [3.8, 4) is 33.6 Å². The number of hydrogen-bond donors (Lipinski definition) is 0. The number of nitrogens with zero attached hydrogens (tertiary/aromatic N) is 2.